The van der Waals surface area contributed by atoms with E-state index in [1.54, 1.807) is 102 Å². The van der Waals surface area contributed by atoms with Crippen LogP contribution in [0.3, 0.4) is 0 Å². The van der Waals surface area contributed by atoms with Gasteiger partial charge in [-0.05, 0) is 167 Å². The number of hydrogen-bond acceptors (Lipinski definition) is 14. The normalized spacial score (nSPS) is 12.3. The lowest BCUT2D eigenvalue weighted by molar-refractivity contribution is 0.357. The number of aryl methyl sites for hydroxylation is 4. The summed E-state index contributed by atoms with van der Waals surface area (Å²) in [6, 6.07) is 67.3. The van der Waals surface area contributed by atoms with Gasteiger partial charge in [-0.25, -0.2) is 0 Å². The average Bonchev–Trinajstić information content (AvgIpc) is 1.51. The summed E-state index contributed by atoms with van der Waals surface area (Å²) in [5.41, 5.74) is 19.1. The van der Waals surface area contributed by atoms with Gasteiger partial charge >= 0.3 is 0 Å². The summed E-state index contributed by atoms with van der Waals surface area (Å²) in [6.07, 6.45) is 0. The molecule has 12 aromatic rings. The van der Waals surface area contributed by atoms with Gasteiger partial charge in [0.25, 0.3) is 0 Å². The maximum Gasteiger partial charge on any atom is 0.179 e. The van der Waals surface area contributed by atoms with Gasteiger partial charge in [0, 0.05) is 53.6 Å². The van der Waals surface area contributed by atoms with Gasteiger partial charge in [-0.15, -0.1) is 45.3 Å². The molecule has 10 nitrogen and oxygen atoms in total. The van der Waals surface area contributed by atoms with Crippen molar-refractivity contribution in [2.24, 2.45) is 0 Å². The van der Waals surface area contributed by atoms with E-state index in [0.29, 0.717) is 0 Å². The number of ether oxygens (including phenoxy) is 8. The van der Waals surface area contributed by atoms with E-state index < -0.39 is 5.41 Å². The first-order chi connectivity index (χ1) is 44.4. The van der Waals surface area contributed by atoms with E-state index >= 15 is 0 Å². The molecule has 1 spiro atoms. The number of anilines is 6. The Morgan fingerprint density at radius 1 is 0.253 bits per heavy atom. The molecule has 0 unspecified atom stereocenters. The zero-order valence-corrected chi connectivity index (χ0v) is 55.9. The minimum atomic E-state index is -0.721. The molecule has 0 fully saturated rings. The molecular weight excluding hydrogens is 1210 g/mol. The number of hydrogen-bond donors (Lipinski definition) is 0. The van der Waals surface area contributed by atoms with Crippen LogP contribution in [-0.2, 0) is 5.41 Å². The van der Waals surface area contributed by atoms with Crippen molar-refractivity contribution in [3.05, 3.63) is 224 Å². The van der Waals surface area contributed by atoms with E-state index in [1.165, 1.54) is 44.5 Å². The molecule has 4 aromatic heterocycles. The van der Waals surface area contributed by atoms with E-state index in [2.05, 4.69) is 219 Å². The van der Waals surface area contributed by atoms with E-state index in [9.17, 15) is 0 Å². The Bertz CT molecular complexity index is 4250. The fraction of sp³-hybridized carbons (Fsp3) is 0.169. The number of fused-ring (bicyclic) bond motifs is 10. The first-order valence-electron chi connectivity index (χ1n) is 29.8. The summed E-state index contributed by atoms with van der Waals surface area (Å²) in [5, 5.41) is 0. The topological polar surface area (TPSA) is 80.3 Å². The molecule has 2 aliphatic rings. The number of rotatable bonds is 18. The molecule has 0 atom stereocenters. The molecule has 0 saturated heterocycles. The summed E-state index contributed by atoms with van der Waals surface area (Å²) >= 11 is 6.68. The predicted octanol–water partition coefficient (Wildman–Crippen LogP) is 21.2. The molecule has 0 N–H and O–H groups in total. The Labute approximate surface area is 547 Å². The van der Waals surface area contributed by atoms with Crippen LogP contribution in [-0.4, -0.2) is 56.9 Å². The maximum absolute atomic E-state index is 5.98. The van der Waals surface area contributed by atoms with Crippen LogP contribution in [0.4, 0.5) is 34.1 Å². The fourth-order valence-electron chi connectivity index (χ4n) is 13.8. The highest BCUT2D eigenvalue weighted by Gasteiger charge is 2.52. The van der Waals surface area contributed by atoms with Crippen LogP contribution in [0.15, 0.2) is 182 Å². The first kappa shape index (κ1) is 59.2. The molecule has 456 valence electrons. The van der Waals surface area contributed by atoms with E-state index in [1.807, 2.05) is 0 Å². The van der Waals surface area contributed by atoms with E-state index in [0.717, 1.165) is 141 Å². The molecule has 0 radical (unpaired) electrons. The third-order valence-electron chi connectivity index (χ3n) is 17.7. The van der Waals surface area contributed by atoms with Gasteiger partial charge < -0.3 is 47.7 Å². The van der Waals surface area contributed by atoms with Crippen LogP contribution >= 0.6 is 45.3 Å². The second kappa shape index (κ2) is 23.7. The summed E-state index contributed by atoms with van der Waals surface area (Å²) in [4.78, 5) is 13.0. The monoisotopic (exact) mass is 1270 g/mol. The third-order valence-corrected chi connectivity index (χ3v) is 22.2. The smallest absolute Gasteiger partial charge is 0.179 e. The van der Waals surface area contributed by atoms with Crippen molar-refractivity contribution in [3.8, 4) is 110 Å². The van der Waals surface area contributed by atoms with Gasteiger partial charge in [-0.3, -0.25) is 0 Å². The third kappa shape index (κ3) is 9.35. The molecule has 0 amide bonds. The second-order valence-electron chi connectivity index (χ2n) is 22.4. The molecular formula is C77H66N2O8S4. The van der Waals surface area contributed by atoms with Gasteiger partial charge in [0.2, 0.25) is 0 Å². The van der Waals surface area contributed by atoms with Crippen molar-refractivity contribution < 1.29 is 37.9 Å². The predicted molar refractivity (Wildman–Crippen MR) is 377 cm³/mol. The van der Waals surface area contributed by atoms with Crippen molar-refractivity contribution in [1.82, 2.24) is 0 Å². The zero-order valence-electron chi connectivity index (χ0n) is 52.6. The SMILES string of the molecule is COc1c(C)sc(-c2ccc(N(c3ccc(-c4sc(C)c(OC)c4OC)cc3)c3ccc4c(c3)C3(c5ccccc5-c5ccccc53)c3cc(N(c5ccc(-c6sc(C)c(OC)c6OC)cc5)c5ccc(-c6sc(C)c(OC)c6OC)cc5)ccc3-4)cc2)c1OC. The molecule has 14 rings (SSSR count). The van der Waals surface area contributed by atoms with Gasteiger partial charge in [-0.1, -0.05) is 109 Å². The molecule has 91 heavy (non-hydrogen) atoms. The highest BCUT2D eigenvalue weighted by molar-refractivity contribution is 7.17. The van der Waals surface area contributed by atoms with Gasteiger partial charge in [0.05, 0.1) is 81.8 Å². The number of benzene rings is 8. The number of methoxy groups -OCH3 is 8. The summed E-state index contributed by atoms with van der Waals surface area (Å²) in [7, 11) is 13.6. The summed E-state index contributed by atoms with van der Waals surface area (Å²) in [5.74, 6) is 5.99. The van der Waals surface area contributed by atoms with Crippen LogP contribution < -0.4 is 47.7 Å². The molecule has 2 aliphatic carbocycles. The number of thiophene rings is 4. The van der Waals surface area contributed by atoms with Gasteiger partial charge in [0.1, 0.15) is 0 Å². The van der Waals surface area contributed by atoms with E-state index in [4.69, 9.17) is 37.9 Å². The van der Waals surface area contributed by atoms with Crippen LogP contribution in [0.1, 0.15) is 41.8 Å². The van der Waals surface area contributed by atoms with Crippen molar-refractivity contribution >= 4 is 79.5 Å². The average molecular weight is 1280 g/mol. The Balaban J connectivity index is 0.954. The first-order valence-corrected chi connectivity index (χ1v) is 33.1. The fourth-order valence-corrected chi connectivity index (χ4v) is 18.2. The van der Waals surface area contributed by atoms with Gasteiger partial charge in [0.15, 0.2) is 46.0 Å². The quantitative estimate of drug-likeness (QED) is 0.0829. The molecule has 0 bridgehead atoms. The molecule has 14 heteroatoms. The van der Waals surface area contributed by atoms with Gasteiger partial charge in [-0.2, -0.15) is 0 Å². The van der Waals surface area contributed by atoms with Crippen molar-refractivity contribution in [2.45, 2.75) is 33.1 Å². The minimum Gasteiger partial charge on any atom is -0.492 e. The molecule has 4 heterocycles. The molecule has 8 aromatic carbocycles. The highest BCUT2D eigenvalue weighted by atomic mass is 32.1. The molecule has 0 saturated carbocycles. The van der Waals surface area contributed by atoms with Crippen LogP contribution in [0.2, 0.25) is 0 Å². The summed E-state index contributed by atoms with van der Waals surface area (Å²) < 4.78 is 47.2. The summed E-state index contributed by atoms with van der Waals surface area (Å²) in [6.45, 7) is 8.27. The lowest BCUT2D eigenvalue weighted by atomic mass is 9.70. The lowest BCUT2D eigenvalue weighted by Gasteiger charge is -2.33. The Morgan fingerprint density at radius 3 is 0.736 bits per heavy atom. The maximum atomic E-state index is 5.98. The van der Waals surface area contributed by atoms with E-state index in [-0.39, 0.29) is 0 Å². The highest BCUT2D eigenvalue weighted by Crippen LogP contribution is 2.65. The largest absolute Gasteiger partial charge is 0.492 e. The van der Waals surface area contributed by atoms with Crippen molar-refractivity contribution in [3.63, 3.8) is 0 Å². The standard InChI is InChI=1S/C77H66N2O8S4/c1-43-65(80-5)69(84-9)73(88-43)47-21-29-51(30-22-47)78(52-31-23-48(24-32-52)74-70(85-10)66(81-6)44(2)89-74)55-37-39-59-60-40-38-56(42-64(60)77(63(59)41-55)61-19-15-13-17-57(61)58-18-14-16-20-62(58)77)79(53-33-25-49(26-34-53)75-71(86-11)67(82-7)45(3)90-75)54-35-27-50(28-36-54)76-72(87-12)68(83-8)46(4)91-76/h13-42H,1-12H3. The Hall–Kier alpha value is -9.44. The molecule has 0 aliphatic heterocycles. The number of nitrogens with zero attached hydrogens (tertiary/aromatic N) is 2. The Kier molecular flexibility index (Phi) is 15.4. The second-order valence-corrected chi connectivity index (χ2v) is 27.3. The minimum absolute atomic E-state index is 0.721. The zero-order chi connectivity index (χ0) is 63.0. The lowest BCUT2D eigenvalue weighted by Crippen LogP contribution is -2.26. The van der Waals surface area contributed by atoms with Crippen molar-refractivity contribution in [2.75, 3.05) is 66.7 Å². The van der Waals surface area contributed by atoms with Crippen LogP contribution in [0, 0.1) is 27.7 Å². The van der Waals surface area contributed by atoms with Crippen LogP contribution in [0.25, 0.3) is 64.0 Å². The van der Waals surface area contributed by atoms with Crippen LogP contribution in [0.5, 0.6) is 46.0 Å². The van der Waals surface area contributed by atoms with Crippen molar-refractivity contribution in [1.29, 1.82) is 0 Å². The Morgan fingerprint density at radius 2 is 0.484 bits per heavy atom.